The molecule has 1 aliphatic heterocycles. The monoisotopic (exact) mass is 275 g/mol. The number of benzene rings is 1. The molecule has 0 bridgehead atoms. The summed E-state index contributed by atoms with van der Waals surface area (Å²) in [5.41, 5.74) is 1.81. The maximum absolute atomic E-state index is 5.69. The number of nitrogens with zero attached hydrogens (tertiary/aromatic N) is 2. The fourth-order valence-electron chi connectivity index (χ4n) is 2.67. The molecule has 2 heterocycles. The van der Waals surface area contributed by atoms with Gasteiger partial charge in [-0.2, -0.15) is 0 Å². The van der Waals surface area contributed by atoms with Gasteiger partial charge in [-0.05, 0) is 19.1 Å². The number of hydrogen-bond donors (Lipinski definition) is 1. The number of aromatic nitrogens is 1. The molecule has 0 atom stereocenters. The van der Waals surface area contributed by atoms with Crippen molar-refractivity contribution in [1.29, 1.82) is 0 Å². The van der Waals surface area contributed by atoms with E-state index in [1.165, 1.54) is 0 Å². The quantitative estimate of drug-likeness (QED) is 0.899. The Morgan fingerprint density at radius 1 is 1.35 bits per heavy atom. The summed E-state index contributed by atoms with van der Waals surface area (Å²) < 4.78 is 11.1. The van der Waals surface area contributed by atoms with Crippen molar-refractivity contribution in [2.45, 2.75) is 13.3 Å². The molecule has 1 aliphatic rings. The Morgan fingerprint density at radius 3 is 3.00 bits per heavy atom. The summed E-state index contributed by atoms with van der Waals surface area (Å²) in [6.45, 7) is 8.02. The zero-order valence-corrected chi connectivity index (χ0v) is 11.9. The third-order valence-electron chi connectivity index (χ3n) is 3.71. The molecule has 108 valence electrons. The number of fused-ring (bicyclic) bond motifs is 1. The maximum atomic E-state index is 5.69. The predicted octanol–water partition coefficient (Wildman–Crippen LogP) is 1.67. The van der Waals surface area contributed by atoms with Crippen LogP contribution in [0.4, 0.5) is 0 Å². The van der Waals surface area contributed by atoms with Crippen molar-refractivity contribution >= 4 is 11.0 Å². The minimum Gasteiger partial charge on any atom is -0.493 e. The van der Waals surface area contributed by atoms with Crippen LogP contribution in [0.2, 0.25) is 0 Å². The van der Waals surface area contributed by atoms with Gasteiger partial charge in [0.05, 0.1) is 17.7 Å². The van der Waals surface area contributed by atoms with Crippen molar-refractivity contribution in [2.75, 3.05) is 39.3 Å². The number of nitrogens with one attached hydrogen (secondary N) is 1. The smallest absolute Gasteiger partial charge is 0.170 e. The van der Waals surface area contributed by atoms with Gasteiger partial charge in [0.25, 0.3) is 0 Å². The van der Waals surface area contributed by atoms with Gasteiger partial charge < -0.3 is 19.5 Å². The molecule has 0 radical (unpaired) electrons. The lowest BCUT2D eigenvalue weighted by Crippen LogP contribution is -2.44. The second-order valence-electron chi connectivity index (χ2n) is 5.03. The minimum absolute atomic E-state index is 0.654. The third-order valence-corrected chi connectivity index (χ3v) is 3.71. The molecule has 1 fully saturated rings. The molecule has 0 saturated carbocycles. The van der Waals surface area contributed by atoms with E-state index in [-0.39, 0.29) is 0 Å². The largest absolute Gasteiger partial charge is 0.493 e. The van der Waals surface area contributed by atoms with Crippen molar-refractivity contribution in [3.63, 3.8) is 0 Å². The highest BCUT2D eigenvalue weighted by Gasteiger charge is 2.15. The molecular formula is C15H21N3O2. The molecule has 0 aliphatic carbocycles. The first-order valence-electron chi connectivity index (χ1n) is 7.31. The number of hydrogen-bond acceptors (Lipinski definition) is 5. The highest BCUT2D eigenvalue weighted by molar-refractivity contribution is 5.86. The molecule has 1 saturated heterocycles. The van der Waals surface area contributed by atoms with Crippen LogP contribution < -0.4 is 10.1 Å². The Hall–Kier alpha value is -1.59. The van der Waals surface area contributed by atoms with E-state index in [0.29, 0.717) is 6.61 Å². The number of ether oxygens (including phenoxy) is 1. The summed E-state index contributed by atoms with van der Waals surface area (Å²) in [6, 6.07) is 5.87. The summed E-state index contributed by atoms with van der Waals surface area (Å²) in [5, 5.41) is 8.62. The van der Waals surface area contributed by atoms with Crippen LogP contribution in [0.3, 0.4) is 0 Å². The van der Waals surface area contributed by atoms with E-state index >= 15 is 0 Å². The van der Waals surface area contributed by atoms with Gasteiger partial charge in [-0.25, -0.2) is 0 Å². The van der Waals surface area contributed by atoms with E-state index in [2.05, 4.69) is 15.4 Å². The van der Waals surface area contributed by atoms with E-state index in [9.17, 15) is 0 Å². The average Bonchev–Trinajstić information content (AvgIpc) is 2.91. The SMILES string of the molecule is CCOc1cccc2onc(CCN3CCNCC3)c12. The highest BCUT2D eigenvalue weighted by Crippen LogP contribution is 2.29. The van der Waals surface area contributed by atoms with E-state index < -0.39 is 0 Å². The van der Waals surface area contributed by atoms with Crippen LogP contribution in [0, 0.1) is 0 Å². The van der Waals surface area contributed by atoms with E-state index in [1.807, 2.05) is 25.1 Å². The van der Waals surface area contributed by atoms with Crippen molar-refractivity contribution in [3.05, 3.63) is 23.9 Å². The standard InChI is InChI=1S/C15H21N3O2/c1-2-19-13-4-3-5-14-15(13)12(17-20-14)6-9-18-10-7-16-8-11-18/h3-5,16H,2,6-11H2,1H3. The first-order valence-corrected chi connectivity index (χ1v) is 7.31. The van der Waals surface area contributed by atoms with Crippen molar-refractivity contribution in [1.82, 2.24) is 15.4 Å². The fourth-order valence-corrected chi connectivity index (χ4v) is 2.67. The first kappa shape index (κ1) is 13.4. The zero-order chi connectivity index (χ0) is 13.8. The molecule has 2 aromatic rings. The molecular weight excluding hydrogens is 254 g/mol. The molecule has 0 unspecified atom stereocenters. The third kappa shape index (κ3) is 2.78. The van der Waals surface area contributed by atoms with Crippen LogP contribution in [0.15, 0.2) is 22.7 Å². The van der Waals surface area contributed by atoms with E-state index in [1.54, 1.807) is 0 Å². The minimum atomic E-state index is 0.654. The van der Waals surface area contributed by atoms with Crippen molar-refractivity contribution in [2.24, 2.45) is 0 Å². The molecule has 0 spiro atoms. The van der Waals surface area contributed by atoms with Gasteiger partial charge in [-0.1, -0.05) is 11.2 Å². The Balaban J connectivity index is 1.76. The van der Waals surface area contributed by atoms with Gasteiger partial charge in [0, 0.05) is 39.1 Å². The van der Waals surface area contributed by atoms with Crippen LogP contribution in [-0.2, 0) is 6.42 Å². The van der Waals surface area contributed by atoms with Gasteiger partial charge in [0.2, 0.25) is 0 Å². The van der Waals surface area contributed by atoms with Crippen LogP contribution in [-0.4, -0.2) is 49.4 Å². The summed E-state index contributed by atoms with van der Waals surface area (Å²) >= 11 is 0. The molecule has 1 aromatic carbocycles. The summed E-state index contributed by atoms with van der Waals surface area (Å²) in [5.74, 6) is 0.876. The van der Waals surface area contributed by atoms with Crippen molar-refractivity contribution < 1.29 is 9.26 Å². The maximum Gasteiger partial charge on any atom is 0.170 e. The second kappa shape index (κ2) is 6.24. The Kier molecular flexibility index (Phi) is 4.18. The molecule has 1 aromatic heterocycles. The zero-order valence-electron chi connectivity index (χ0n) is 11.9. The average molecular weight is 275 g/mol. The molecule has 3 rings (SSSR count). The van der Waals surface area contributed by atoms with Crippen LogP contribution >= 0.6 is 0 Å². The van der Waals surface area contributed by atoms with E-state index in [0.717, 1.165) is 61.6 Å². The van der Waals surface area contributed by atoms with Crippen LogP contribution in [0.1, 0.15) is 12.6 Å². The molecule has 1 N–H and O–H groups in total. The van der Waals surface area contributed by atoms with Gasteiger partial charge in [0.1, 0.15) is 5.75 Å². The second-order valence-corrected chi connectivity index (χ2v) is 5.03. The van der Waals surface area contributed by atoms with Crippen LogP contribution in [0.25, 0.3) is 11.0 Å². The lowest BCUT2D eigenvalue weighted by Gasteiger charge is -2.26. The highest BCUT2D eigenvalue weighted by atomic mass is 16.5. The number of rotatable bonds is 5. The lowest BCUT2D eigenvalue weighted by atomic mass is 10.1. The molecule has 20 heavy (non-hydrogen) atoms. The van der Waals surface area contributed by atoms with Crippen molar-refractivity contribution in [3.8, 4) is 5.75 Å². The first-order chi connectivity index (χ1) is 9.88. The van der Waals surface area contributed by atoms with Gasteiger partial charge in [-0.3, -0.25) is 0 Å². The Labute approximate surface area is 118 Å². The normalized spacial score (nSPS) is 16.6. The van der Waals surface area contributed by atoms with Gasteiger partial charge >= 0.3 is 0 Å². The van der Waals surface area contributed by atoms with Gasteiger partial charge in [-0.15, -0.1) is 0 Å². The lowest BCUT2D eigenvalue weighted by molar-refractivity contribution is 0.242. The summed E-state index contributed by atoms with van der Waals surface area (Å²) in [6.07, 6.45) is 0.900. The van der Waals surface area contributed by atoms with E-state index in [4.69, 9.17) is 9.26 Å². The predicted molar refractivity (Wildman–Crippen MR) is 78.2 cm³/mol. The van der Waals surface area contributed by atoms with Gasteiger partial charge in [0.15, 0.2) is 5.58 Å². The summed E-state index contributed by atoms with van der Waals surface area (Å²) in [7, 11) is 0. The summed E-state index contributed by atoms with van der Waals surface area (Å²) in [4.78, 5) is 2.46. The Morgan fingerprint density at radius 2 is 2.20 bits per heavy atom. The van der Waals surface area contributed by atoms with Crippen LogP contribution in [0.5, 0.6) is 5.75 Å². The molecule has 0 amide bonds. The molecule has 5 nitrogen and oxygen atoms in total. The molecule has 5 heteroatoms. The fraction of sp³-hybridized carbons (Fsp3) is 0.533. The topological polar surface area (TPSA) is 50.5 Å². The number of piperazine rings is 1. The Bertz CT molecular complexity index is 561.